The standard InChI is InChI=1S/C12H19N3O/c16-12(11-5-3-7-15-11)9-13-8-10-4-1-2-6-14-10/h3,5,7,10,13-15H,1-2,4,6,8-9H2. The summed E-state index contributed by atoms with van der Waals surface area (Å²) >= 11 is 0. The Morgan fingerprint density at radius 3 is 3.12 bits per heavy atom. The highest BCUT2D eigenvalue weighted by atomic mass is 16.1. The Bertz CT molecular complexity index is 315. The van der Waals surface area contributed by atoms with Crippen LogP contribution in [0, 0.1) is 0 Å². The van der Waals surface area contributed by atoms with Gasteiger partial charge in [-0.2, -0.15) is 0 Å². The molecule has 0 saturated carbocycles. The van der Waals surface area contributed by atoms with Gasteiger partial charge in [0.2, 0.25) is 0 Å². The molecule has 0 aliphatic carbocycles. The summed E-state index contributed by atoms with van der Waals surface area (Å²) in [6.07, 6.45) is 5.56. The predicted octanol–water partition coefficient (Wildman–Crippen LogP) is 0.929. The maximum Gasteiger partial charge on any atom is 0.192 e. The van der Waals surface area contributed by atoms with Gasteiger partial charge in [0, 0.05) is 18.8 Å². The summed E-state index contributed by atoms with van der Waals surface area (Å²) in [4.78, 5) is 14.6. The lowest BCUT2D eigenvalue weighted by atomic mass is 10.1. The number of carbonyl (C=O) groups is 1. The summed E-state index contributed by atoms with van der Waals surface area (Å²) < 4.78 is 0. The fourth-order valence-electron chi connectivity index (χ4n) is 2.06. The number of hydrogen-bond donors (Lipinski definition) is 3. The summed E-state index contributed by atoms with van der Waals surface area (Å²) in [7, 11) is 0. The lowest BCUT2D eigenvalue weighted by Crippen LogP contribution is -2.42. The fourth-order valence-corrected chi connectivity index (χ4v) is 2.06. The first-order valence-electron chi connectivity index (χ1n) is 5.97. The molecule has 2 rings (SSSR count). The van der Waals surface area contributed by atoms with Crippen LogP contribution in [0.4, 0.5) is 0 Å². The van der Waals surface area contributed by atoms with E-state index in [4.69, 9.17) is 0 Å². The maximum absolute atomic E-state index is 11.6. The fraction of sp³-hybridized carbons (Fsp3) is 0.583. The number of aromatic amines is 1. The third kappa shape index (κ3) is 3.18. The van der Waals surface area contributed by atoms with Crippen LogP contribution in [0.5, 0.6) is 0 Å². The minimum absolute atomic E-state index is 0.126. The normalized spacial score (nSPS) is 20.9. The number of aromatic nitrogens is 1. The first-order chi connectivity index (χ1) is 7.86. The predicted molar refractivity (Wildman–Crippen MR) is 63.6 cm³/mol. The van der Waals surface area contributed by atoms with Crippen molar-refractivity contribution in [3.05, 3.63) is 24.0 Å². The number of H-pyrrole nitrogens is 1. The first kappa shape index (κ1) is 11.4. The van der Waals surface area contributed by atoms with E-state index in [0.717, 1.165) is 13.1 Å². The molecule has 0 radical (unpaired) electrons. The van der Waals surface area contributed by atoms with Crippen LogP contribution in [-0.4, -0.2) is 36.4 Å². The summed E-state index contributed by atoms with van der Waals surface area (Å²) in [5.74, 6) is 0.126. The third-order valence-corrected chi connectivity index (χ3v) is 2.99. The van der Waals surface area contributed by atoms with Gasteiger partial charge in [-0.3, -0.25) is 4.79 Å². The maximum atomic E-state index is 11.6. The quantitative estimate of drug-likeness (QED) is 0.648. The summed E-state index contributed by atoms with van der Waals surface area (Å²) in [6.45, 7) is 2.40. The van der Waals surface area contributed by atoms with E-state index in [-0.39, 0.29) is 5.78 Å². The van der Waals surface area contributed by atoms with E-state index in [1.54, 1.807) is 6.20 Å². The van der Waals surface area contributed by atoms with Gasteiger partial charge >= 0.3 is 0 Å². The van der Waals surface area contributed by atoms with Crippen molar-refractivity contribution in [2.45, 2.75) is 25.3 Å². The zero-order valence-electron chi connectivity index (χ0n) is 9.46. The molecule has 1 fully saturated rings. The molecule has 1 saturated heterocycles. The van der Waals surface area contributed by atoms with Gasteiger partial charge in [-0.1, -0.05) is 6.42 Å². The lowest BCUT2D eigenvalue weighted by molar-refractivity contribution is 0.0986. The Hall–Kier alpha value is -1.13. The van der Waals surface area contributed by atoms with Gasteiger partial charge < -0.3 is 15.6 Å². The van der Waals surface area contributed by atoms with Crippen LogP contribution < -0.4 is 10.6 Å². The second-order valence-corrected chi connectivity index (χ2v) is 4.28. The van der Waals surface area contributed by atoms with Crippen molar-refractivity contribution in [3.63, 3.8) is 0 Å². The zero-order valence-corrected chi connectivity index (χ0v) is 9.46. The Balaban J connectivity index is 1.66. The smallest absolute Gasteiger partial charge is 0.192 e. The zero-order chi connectivity index (χ0) is 11.2. The molecule has 88 valence electrons. The summed E-state index contributed by atoms with van der Waals surface area (Å²) in [6, 6.07) is 4.18. The van der Waals surface area contributed by atoms with E-state index >= 15 is 0 Å². The number of piperidine rings is 1. The Morgan fingerprint density at radius 2 is 2.44 bits per heavy atom. The Kier molecular flexibility index (Phi) is 4.13. The number of carbonyl (C=O) groups excluding carboxylic acids is 1. The highest BCUT2D eigenvalue weighted by Gasteiger charge is 2.12. The number of hydrogen-bond acceptors (Lipinski definition) is 3. The van der Waals surface area contributed by atoms with Crippen molar-refractivity contribution < 1.29 is 4.79 Å². The first-order valence-corrected chi connectivity index (χ1v) is 5.97. The van der Waals surface area contributed by atoms with Crippen LogP contribution in [-0.2, 0) is 0 Å². The van der Waals surface area contributed by atoms with Crippen LogP contribution in [0.3, 0.4) is 0 Å². The molecule has 0 aromatic carbocycles. The van der Waals surface area contributed by atoms with Crippen molar-refractivity contribution in [1.29, 1.82) is 0 Å². The highest BCUT2D eigenvalue weighted by molar-refractivity contribution is 5.95. The lowest BCUT2D eigenvalue weighted by Gasteiger charge is -2.23. The molecule has 1 unspecified atom stereocenters. The molecule has 3 N–H and O–H groups in total. The molecule has 0 bridgehead atoms. The van der Waals surface area contributed by atoms with Crippen molar-refractivity contribution in [2.75, 3.05) is 19.6 Å². The summed E-state index contributed by atoms with van der Waals surface area (Å²) in [5.41, 5.74) is 0.684. The molecule has 16 heavy (non-hydrogen) atoms. The molecule has 0 spiro atoms. The Morgan fingerprint density at radius 1 is 1.50 bits per heavy atom. The second-order valence-electron chi connectivity index (χ2n) is 4.28. The third-order valence-electron chi connectivity index (χ3n) is 2.99. The average Bonchev–Trinajstić information content (AvgIpc) is 2.84. The van der Waals surface area contributed by atoms with Gasteiger partial charge in [-0.15, -0.1) is 0 Å². The van der Waals surface area contributed by atoms with Crippen LogP contribution in [0.25, 0.3) is 0 Å². The largest absolute Gasteiger partial charge is 0.359 e. The second kappa shape index (κ2) is 5.82. The molecular weight excluding hydrogens is 202 g/mol. The highest BCUT2D eigenvalue weighted by Crippen LogP contribution is 2.05. The molecular formula is C12H19N3O. The van der Waals surface area contributed by atoms with Crippen LogP contribution in [0.2, 0.25) is 0 Å². The average molecular weight is 221 g/mol. The molecule has 0 amide bonds. The summed E-state index contributed by atoms with van der Waals surface area (Å²) in [5, 5.41) is 6.66. The van der Waals surface area contributed by atoms with Gasteiger partial charge in [0.15, 0.2) is 5.78 Å². The van der Waals surface area contributed by atoms with Gasteiger partial charge in [-0.25, -0.2) is 0 Å². The van der Waals surface area contributed by atoms with Crippen LogP contribution in [0.15, 0.2) is 18.3 Å². The van der Waals surface area contributed by atoms with Crippen molar-refractivity contribution in [3.8, 4) is 0 Å². The SMILES string of the molecule is O=C(CNCC1CCCCN1)c1ccc[nH]1. The number of Topliss-reactive ketones (excluding diaryl/α,β-unsaturated/α-hetero) is 1. The van der Waals surface area contributed by atoms with Gasteiger partial charge in [0.1, 0.15) is 0 Å². The van der Waals surface area contributed by atoms with Crippen molar-refractivity contribution >= 4 is 5.78 Å². The van der Waals surface area contributed by atoms with Gasteiger partial charge in [0.05, 0.1) is 12.2 Å². The molecule has 1 aromatic rings. The number of rotatable bonds is 5. The molecule has 1 aromatic heterocycles. The number of nitrogens with one attached hydrogen (secondary N) is 3. The topological polar surface area (TPSA) is 56.9 Å². The molecule has 1 aliphatic rings. The minimum Gasteiger partial charge on any atom is -0.359 e. The Labute approximate surface area is 95.8 Å². The van der Waals surface area contributed by atoms with Crippen molar-refractivity contribution in [1.82, 2.24) is 15.6 Å². The molecule has 4 nitrogen and oxygen atoms in total. The van der Waals surface area contributed by atoms with E-state index in [1.807, 2.05) is 12.1 Å². The number of ketones is 1. The molecule has 1 aliphatic heterocycles. The van der Waals surface area contributed by atoms with Gasteiger partial charge in [0.25, 0.3) is 0 Å². The monoisotopic (exact) mass is 221 g/mol. The van der Waals surface area contributed by atoms with Crippen LogP contribution >= 0.6 is 0 Å². The van der Waals surface area contributed by atoms with E-state index < -0.39 is 0 Å². The molecule has 4 heteroatoms. The van der Waals surface area contributed by atoms with E-state index in [2.05, 4.69) is 15.6 Å². The van der Waals surface area contributed by atoms with E-state index in [0.29, 0.717) is 18.3 Å². The molecule has 1 atom stereocenters. The van der Waals surface area contributed by atoms with E-state index in [1.165, 1.54) is 19.3 Å². The van der Waals surface area contributed by atoms with Gasteiger partial charge in [-0.05, 0) is 31.5 Å². The van der Waals surface area contributed by atoms with E-state index in [9.17, 15) is 4.79 Å². The molecule has 2 heterocycles. The van der Waals surface area contributed by atoms with Crippen molar-refractivity contribution in [2.24, 2.45) is 0 Å². The van der Waals surface area contributed by atoms with Crippen LogP contribution in [0.1, 0.15) is 29.8 Å². The minimum atomic E-state index is 0.126.